The summed E-state index contributed by atoms with van der Waals surface area (Å²) in [6, 6.07) is 0. The van der Waals surface area contributed by atoms with E-state index in [1.165, 1.54) is 10.9 Å². The zero-order valence-corrected chi connectivity index (χ0v) is 10.4. The Labute approximate surface area is 96.7 Å². The lowest BCUT2D eigenvalue weighted by Crippen LogP contribution is -2.23. The third kappa shape index (κ3) is 2.65. The first kappa shape index (κ1) is 10.9. The van der Waals surface area contributed by atoms with Crippen LogP contribution in [0.5, 0.6) is 0 Å². The fourth-order valence-corrected chi connectivity index (χ4v) is 1.40. The average Bonchev–Trinajstić information content (AvgIpc) is 2.06. The van der Waals surface area contributed by atoms with Crippen molar-refractivity contribution in [2.24, 2.45) is 0 Å². The van der Waals surface area contributed by atoms with E-state index in [0.29, 0.717) is 14.0 Å². The van der Waals surface area contributed by atoms with E-state index >= 15 is 0 Å². The molecule has 0 aliphatic heterocycles. The Hall–Kier alpha value is -0.130. The first-order valence-electron chi connectivity index (χ1n) is 3.26. The fourth-order valence-electron chi connectivity index (χ4n) is 0.720. The van der Waals surface area contributed by atoms with Crippen molar-refractivity contribution in [3.8, 4) is 0 Å². The third-order valence-corrected chi connectivity index (χ3v) is 3.28. The zero-order valence-electron chi connectivity index (χ0n) is 6.43. The predicted molar refractivity (Wildman–Crippen MR) is 58.9 cm³/mol. The maximum absolute atomic E-state index is 11.4. The van der Waals surface area contributed by atoms with Crippen molar-refractivity contribution in [3.63, 3.8) is 0 Å². The summed E-state index contributed by atoms with van der Waals surface area (Å²) in [5.74, 6) is 0. The van der Waals surface area contributed by atoms with E-state index in [1.54, 1.807) is 0 Å². The van der Waals surface area contributed by atoms with E-state index in [1.807, 2.05) is 0 Å². The van der Waals surface area contributed by atoms with Crippen LogP contribution < -0.4 is 5.56 Å². The van der Waals surface area contributed by atoms with Gasteiger partial charge in [-0.1, -0.05) is 18.2 Å². The van der Waals surface area contributed by atoms with Crippen LogP contribution in [0.2, 0.25) is 0 Å². The molecule has 0 atom stereocenters. The summed E-state index contributed by atoms with van der Waals surface area (Å²) in [5, 5.41) is 4.23. The summed E-state index contributed by atoms with van der Waals surface area (Å²) < 4.78 is 2.28. The van der Waals surface area contributed by atoms with Gasteiger partial charge in [0.15, 0.2) is 0 Å². The van der Waals surface area contributed by atoms with Crippen molar-refractivity contribution in [1.29, 1.82) is 0 Å². The Kier molecular flexibility index (Phi) is 3.70. The molecule has 6 heteroatoms. The first-order valence-corrected chi connectivity index (χ1v) is 5.23. The van der Waals surface area contributed by atoms with Crippen LogP contribution in [-0.4, -0.2) is 9.78 Å². The smallest absolute Gasteiger partial charge is 0.266 e. The predicted octanol–water partition coefficient (Wildman–Crippen LogP) is 2.52. The van der Waals surface area contributed by atoms with Crippen LogP contribution in [-0.2, 0) is 6.54 Å². The molecule has 1 aromatic heterocycles. The van der Waals surface area contributed by atoms with E-state index in [2.05, 4.69) is 43.5 Å². The standard InChI is InChI=1S/C7H5Br2ClN2O/c1-4(10)3-12-7(13)6(9)5(8)2-11-12/h2H,1,3H2. The maximum Gasteiger partial charge on any atom is 0.282 e. The number of hydrogen-bond acceptors (Lipinski definition) is 2. The van der Waals surface area contributed by atoms with Gasteiger partial charge in [-0.25, -0.2) is 4.68 Å². The molecule has 0 saturated carbocycles. The van der Waals surface area contributed by atoms with Gasteiger partial charge < -0.3 is 0 Å². The third-order valence-electron chi connectivity index (χ3n) is 1.26. The molecule has 0 unspecified atom stereocenters. The topological polar surface area (TPSA) is 34.9 Å². The quantitative estimate of drug-likeness (QED) is 0.836. The average molecular weight is 328 g/mol. The monoisotopic (exact) mass is 326 g/mol. The van der Waals surface area contributed by atoms with Gasteiger partial charge in [-0.3, -0.25) is 4.79 Å². The van der Waals surface area contributed by atoms with Crippen molar-refractivity contribution in [2.45, 2.75) is 6.54 Å². The number of hydrogen-bond donors (Lipinski definition) is 0. The number of aromatic nitrogens is 2. The molecule has 0 aromatic carbocycles. The van der Waals surface area contributed by atoms with E-state index in [9.17, 15) is 4.79 Å². The Bertz CT molecular complexity index is 402. The molecule has 0 fully saturated rings. The van der Waals surface area contributed by atoms with Crippen LogP contribution in [0.1, 0.15) is 0 Å². The SMILES string of the molecule is C=C(Cl)Cn1ncc(Br)c(Br)c1=O. The molecular weight excluding hydrogens is 323 g/mol. The number of allylic oxidation sites excluding steroid dienone is 1. The number of rotatable bonds is 2. The Morgan fingerprint density at radius 1 is 1.69 bits per heavy atom. The van der Waals surface area contributed by atoms with E-state index in [0.717, 1.165) is 0 Å². The molecule has 1 aromatic rings. The molecule has 0 radical (unpaired) electrons. The van der Waals surface area contributed by atoms with Crippen molar-refractivity contribution >= 4 is 43.5 Å². The lowest BCUT2D eigenvalue weighted by Gasteiger charge is -2.03. The highest BCUT2D eigenvalue weighted by molar-refractivity contribution is 9.13. The van der Waals surface area contributed by atoms with Gasteiger partial charge in [-0.2, -0.15) is 5.10 Å². The Morgan fingerprint density at radius 3 is 2.85 bits per heavy atom. The second-order valence-electron chi connectivity index (χ2n) is 2.29. The molecule has 0 amide bonds. The lowest BCUT2D eigenvalue weighted by molar-refractivity contribution is 0.640. The Morgan fingerprint density at radius 2 is 2.31 bits per heavy atom. The molecule has 0 aliphatic carbocycles. The van der Waals surface area contributed by atoms with E-state index in [-0.39, 0.29) is 12.1 Å². The van der Waals surface area contributed by atoms with Gasteiger partial charge in [0, 0.05) is 5.03 Å². The molecule has 3 nitrogen and oxygen atoms in total. The lowest BCUT2D eigenvalue weighted by atomic mass is 10.5. The molecule has 0 N–H and O–H groups in total. The zero-order chi connectivity index (χ0) is 10.0. The van der Waals surface area contributed by atoms with Gasteiger partial charge in [0.2, 0.25) is 0 Å². The molecule has 13 heavy (non-hydrogen) atoms. The molecule has 0 aliphatic rings. The van der Waals surface area contributed by atoms with Crippen molar-refractivity contribution in [1.82, 2.24) is 9.78 Å². The van der Waals surface area contributed by atoms with Gasteiger partial charge in [0.1, 0.15) is 4.47 Å². The van der Waals surface area contributed by atoms with Crippen molar-refractivity contribution in [2.75, 3.05) is 0 Å². The van der Waals surface area contributed by atoms with Crippen LogP contribution >= 0.6 is 43.5 Å². The summed E-state index contributed by atoms with van der Waals surface area (Å²) in [6.45, 7) is 3.70. The first-order chi connectivity index (χ1) is 6.02. The molecule has 1 heterocycles. The second kappa shape index (κ2) is 4.39. The van der Waals surface area contributed by atoms with E-state index < -0.39 is 0 Å². The van der Waals surface area contributed by atoms with Crippen LogP contribution in [0.3, 0.4) is 0 Å². The number of halogens is 3. The molecular formula is C7H5Br2ClN2O. The van der Waals surface area contributed by atoms with Crippen LogP contribution in [0.15, 0.2) is 31.5 Å². The van der Waals surface area contributed by atoms with Gasteiger partial charge >= 0.3 is 0 Å². The molecule has 0 saturated heterocycles. The Balaban J connectivity index is 3.19. The van der Waals surface area contributed by atoms with E-state index in [4.69, 9.17) is 11.6 Å². The number of nitrogens with zero attached hydrogens (tertiary/aromatic N) is 2. The molecule has 70 valence electrons. The van der Waals surface area contributed by atoms with Gasteiger partial charge in [0.25, 0.3) is 5.56 Å². The molecule has 0 spiro atoms. The van der Waals surface area contributed by atoms with Crippen molar-refractivity contribution in [3.05, 3.63) is 37.1 Å². The minimum atomic E-state index is -0.240. The highest BCUT2D eigenvalue weighted by atomic mass is 79.9. The van der Waals surface area contributed by atoms with Gasteiger partial charge in [0.05, 0.1) is 17.2 Å². The normalized spacial score (nSPS) is 10.1. The highest BCUT2D eigenvalue weighted by Gasteiger charge is 2.06. The second-order valence-corrected chi connectivity index (χ2v) is 4.47. The minimum Gasteiger partial charge on any atom is -0.266 e. The maximum atomic E-state index is 11.4. The summed E-state index contributed by atoms with van der Waals surface area (Å²) in [6.07, 6.45) is 1.52. The summed E-state index contributed by atoms with van der Waals surface area (Å²) in [4.78, 5) is 11.4. The summed E-state index contributed by atoms with van der Waals surface area (Å²) in [7, 11) is 0. The van der Waals surface area contributed by atoms with Crippen LogP contribution in [0.4, 0.5) is 0 Å². The van der Waals surface area contributed by atoms with Crippen molar-refractivity contribution < 1.29 is 0 Å². The van der Waals surface area contributed by atoms with Crippen LogP contribution in [0.25, 0.3) is 0 Å². The highest BCUT2D eigenvalue weighted by Crippen LogP contribution is 2.16. The summed E-state index contributed by atoms with van der Waals surface area (Å²) >= 11 is 11.9. The van der Waals surface area contributed by atoms with Crippen LogP contribution in [0, 0.1) is 0 Å². The summed E-state index contributed by atoms with van der Waals surface area (Å²) in [5.41, 5.74) is -0.240. The van der Waals surface area contributed by atoms with Gasteiger partial charge in [-0.05, 0) is 31.9 Å². The van der Waals surface area contributed by atoms with Gasteiger partial charge in [-0.15, -0.1) is 0 Å². The molecule has 0 bridgehead atoms. The fraction of sp³-hybridized carbons (Fsp3) is 0.143. The molecule has 1 rings (SSSR count). The minimum absolute atomic E-state index is 0.215. The largest absolute Gasteiger partial charge is 0.282 e.